The molecule has 2 aliphatic rings. The number of carbonyl (C=O) groups excluding carboxylic acids is 1. The first-order valence-corrected chi connectivity index (χ1v) is 10.4. The third kappa shape index (κ3) is 4.37. The number of nitrogens with zero attached hydrogens (tertiary/aromatic N) is 4. The molecule has 1 aromatic heterocycles. The molecule has 2 unspecified atom stereocenters. The smallest absolute Gasteiger partial charge is 0.335 e. The molecule has 3 heterocycles. The number of nitrogen functional groups attached to an aromatic ring is 1. The van der Waals surface area contributed by atoms with Crippen LogP contribution in [0.1, 0.15) is 36.0 Å². The molecule has 4 N–H and O–H groups in total. The van der Waals surface area contributed by atoms with Crippen LogP contribution in [0, 0.1) is 5.82 Å². The van der Waals surface area contributed by atoms with Gasteiger partial charge in [-0.2, -0.15) is 4.39 Å². The van der Waals surface area contributed by atoms with E-state index in [1.807, 2.05) is 9.80 Å². The van der Waals surface area contributed by atoms with Crippen LogP contribution in [0.15, 0.2) is 30.6 Å². The Morgan fingerprint density at radius 1 is 1.16 bits per heavy atom. The summed E-state index contributed by atoms with van der Waals surface area (Å²) in [6.45, 7) is 1.78. The molecule has 2 saturated heterocycles. The summed E-state index contributed by atoms with van der Waals surface area (Å²) in [6.07, 6.45) is 4.45. The first kappa shape index (κ1) is 20.8. The summed E-state index contributed by atoms with van der Waals surface area (Å²) >= 11 is 0. The molecule has 0 spiro atoms. The number of likely N-dealkylation sites (tertiary alicyclic amines) is 1. The number of benzene rings is 1. The number of carbonyl (C=O) groups is 2. The van der Waals surface area contributed by atoms with Crippen LogP contribution >= 0.6 is 0 Å². The Labute approximate surface area is 179 Å². The molecule has 10 heteroatoms. The maximum absolute atomic E-state index is 14.4. The summed E-state index contributed by atoms with van der Waals surface area (Å²) < 4.78 is 14.4. The summed E-state index contributed by atoms with van der Waals surface area (Å²) in [7, 11) is 0. The topological polar surface area (TPSA) is 125 Å². The third-order valence-electron chi connectivity index (χ3n) is 5.88. The molecule has 9 nitrogen and oxygen atoms in total. The fraction of sp³-hybridized carbons (Fsp3) is 0.429. The van der Waals surface area contributed by atoms with Gasteiger partial charge in [0.15, 0.2) is 11.6 Å². The quantitative estimate of drug-likeness (QED) is 0.660. The lowest BCUT2D eigenvalue weighted by Gasteiger charge is -2.43. The number of aromatic nitrogens is 2. The van der Waals surface area contributed by atoms with Gasteiger partial charge in [-0.25, -0.2) is 14.8 Å². The minimum atomic E-state index is -0.991. The number of carboxylic acid groups (broad SMARTS) is 1. The van der Waals surface area contributed by atoms with Gasteiger partial charge in [-0.05, 0) is 49.9 Å². The number of hydrogen-bond donors (Lipinski definition) is 3. The molecule has 0 saturated carbocycles. The van der Waals surface area contributed by atoms with Crippen LogP contribution in [0.3, 0.4) is 0 Å². The predicted octanol–water partition coefficient (Wildman–Crippen LogP) is 1.97. The lowest BCUT2D eigenvalue weighted by molar-refractivity contribution is -0.137. The number of aromatic carboxylic acids is 1. The molecular weight excluding hydrogens is 403 g/mol. The number of rotatable bonds is 5. The van der Waals surface area contributed by atoms with Gasteiger partial charge in [-0.3, -0.25) is 4.79 Å². The van der Waals surface area contributed by atoms with Crippen LogP contribution in [-0.4, -0.2) is 63.6 Å². The van der Waals surface area contributed by atoms with Crippen molar-refractivity contribution in [3.8, 4) is 0 Å². The molecule has 0 bridgehead atoms. The van der Waals surface area contributed by atoms with Gasteiger partial charge in [0.2, 0.25) is 11.7 Å². The van der Waals surface area contributed by atoms with Crippen molar-refractivity contribution >= 4 is 29.2 Å². The molecule has 2 aliphatic heterocycles. The first-order chi connectivity index (χ1) is 14.9. The van der Waals surface area contributed by atoms with Gasteiger partial charge in [-0.1, -0.05) is 0 Å². The second-order valence-electron chi connectivity index (χ2n) is 7.89. The summed E-state index contributed by atoms with van der Waals surface area (Å²) in [4.78, 5) is 35.7. The molecule has 2 fully saturated rings. The summed E-state index contributed by atoms with van der Waals surface area (Å²) in [5, 5.41) is 12.3. The van der Waals surface area contributed by atoms with E-state index in [0.717, 1.165) is 19.3 Å². The Morgan fingerprint density at radius 3 is 2.65 bits per heavy atom. The second kappa shape index (κ2) is 8.75. The zero-order valence-corrected chi connectivity index (χ0v) is 17.0. The molecule has 1 amide bonds. The third-order valence-corrected chi connectivity index (χ3v) is 5.88. The Kier molecular flexibility index (Phi) is 5.88. The van der Waals surface area contributed by atoms with E-state index in [2.05, 4.69) is 15.3 Å². The number of halogens is 1. The number of piperidine rings is 2. The van der Waals surface area contributed by atoms with E-state index in [4.69, 9.17) is 10.8 Å². The number of carboxylic acids is 1. The summed E-state index contributed by atoms with van der Waals surface area (Å²) in [5.41, 5.74) is 6.49. The predicted molar refractivity (Wildman–Crippen MR) is 113 cm³/mol. The van der Waals surface area contributed by atoms with E-state index < -0.39 is 11.8 Å². The number of anilines is 3. The van der Waals surface area contributed by atoms with Crippen molar-refractivity contribution in [2.45, 2.75) is 37.8 Å². The van der Waals surface area contributed by atoms with Crippen LogP contribution in [0.4, 0.5) is 21.7 Å². The van der Waals surface area contributed by atoms with Crippen molar-refractivity contribution in [1.82, 2.24) is 14.9 Å². The van der Waals surface area contributed by atoms with Gasteiger partial charge in [0.05, 0.1) is 5.56 Å². The number of nitrogens with two attached hydrogens (primary N) is 1. The van der Waals surface area contributed by atoms with Crippen molar-refractivity contribution in [1.29, 1.82) is 0 Å². The van der Waals surface area contributed by atoms with E-state index in [9.17, 15) is 14.0 Å². The fourth-order valence-corrected chi connectivity index (χ4v) is 4.30. The normalized spacial score (nSPS) is 21.8. The lowest BCUT2D eigenvalue weighted by Crippen LogP contribution is -2.56. The second-order valence-corrected chi connectivity index (χ2v) is 7.89. The van der Waals surface area contributed by atoms with E-state index in [1.165, 1.54) is 18.5 Å². The summed E-state index contributed by atoms with van der Waals surface area (Å²) in [5.74, 6) is -1.62. The Hall–Kier alpha value is -3.43. The standard InChI is InChI=1S/C21H25FN6O3/c22-17-18(23)24-12-25-19(17)27-9-1-3-15(11-27)28-10-2-4-16(20(28)29)26-14-7-5-13(6-8-14)21(30)31/h5-8,12,15-16,26H,1-4,9-11H2,(H,30,31)(H2,23,24,25). The van der Waals surface area contributed by atoms with E-state index in [1.54, 1.807) is 12.1 Å². The first-order valence-electron chi connectivity index (χ1n) is 10.4. The summed E-state index contributed by atoms with van der Waals surface area (Å²) in [6, 6.07) is 5.93. The maximum atomic E-state index is 14.4. The van der Waals surface area contributed by atoms with E-state index >= 15 is 0 Å². The van der Waals surface area contributed by atoms with Gasteiger partial charge in [-0.15, -0.1) is 0 Å². The molecule has 31 heavy (non-hydrogen) atoms. The minimum Gasteiger partial charge on any atom is -0.478 e. The van der Waals surface area contributed by atoms with Crippen LogP contribution in [0.25, 0.3) is 0 Å². The molecule has 0 radical (unpaired) electrons. The molecule has 0 aliphatic carbocycles. The van der Waals surface area contributed by atoms with Gasteiger partial charge in [0, 0.05) is 31.4 Å². The van der Waals surface area contributed by atoms with Crippen molar-refractivity contribution in [3.05, 3.63) is 42.0 Å². The highest BCUT2D eigenvalue weighted by molar-refractivity contribution is 5.89. The highest BCUT2D eigenvalue weighted by Gasteiger charge is 2.36. The van der Waals surface area contributed by atoms with E-state index in [-0.39, 0.29) is 35.2 Å². The van der Waals surface area contributed by atoms with Crippen molar-refractivity contribution < 1.29 is 19.1 Å². The molecule has 164 valence electrons. The van der Waals surface area contributed by atoms with Gasteiger partial charge in [0.1, 0.15) is 12.4 Å². The van der Waals surface area contributed by atoms with Crippen molar-refractivity contribution in [2.24, 2.45) is 0 Å². The Morgan fingerprint density at radius 2 is 1.90 bits per heavy atom. The highest BCUT2D eigenvalue weighted by Crippen LogP contribution is 2.27. The fourth-order valence-electron chi connectivity index (χ4n) is 4.30. The van der Waals surface area contributed by atoms with Gasteiger partial charge < -0.3 is 26.0 Å². The number of hydrogen-bond acceptors (Lipinski definition) is 7. The molecular formula is C21H25FN6O3. The van der Waals surface area contributed by atoms with Crippen molar-refractivity contribution in [2.75, 3.05) is 35.6 Å². The van der Waals surface area contributed by atoms with Crippen LogP contribution in [0.2, 0.25) is 0 Å². The van der Waals surface area contributed by atoms with E-state index in [0.29, 0.717) is 31.7 Å². The molecule has 2 aromatic rings. The van der Waals surface area contributed by atoms with Gasteiger partial charge in [0.25, 0.3) is 0 Å². The van der Waals surface area contributed by atoms with Crippen LogP contribution in [-0.2, 0) is 4.79 Å². The zero-order valence-electron chi connectivity index (χ0n) is 17.0. The number of nitrogens with one attached hydrogen (secondary N) is 1. The number of amides is 1. The highest BCUT2D eigenvalue weighted by atomic mass is 19.1. The zero-order chi connectivity index (χ0) is 22.0. The SMILES string of the molecule is Nc1ncnc(N2CCCC(N3CCCC(Nc4ccc(C(=O)O)cc4)C3=O)C2)c1F. The lowest BCUT2D eigenvalue weighted by atomic mass is 9.97. The average Bonchev–Trinajstić information content (AvgIpc) is 2.77. The Balaban J connectivity index is 1.44. The monoisotopic (exact) mass is 428 g/mol. The minimum absolute atomic E-state index is 0.00286. The average molecular weight is 428 g/mol. The largest absolute Gasteiger partial charge is 0.478 e. The van der Waals surface area contributed by atoms with Crippen LogP contribution in [0.5, 0.6) is 0 Å². The molecule has 2 atom stereocenters. The van der Waals surface area contributed by atoms with Crippen molar-refractivity contribution in [3.63, 3.8) is 0 Å². The maximum Gasteiger partial charge on any atom is 0.335 e. The van der Waals surface area contributed by atoms with Crippen LogP contribution < -0.4 is 16.0 Å². The molecule has 4 rings (SSSR count). The van der Waals surface area contributed by atoms with Gasteiger partial charge >= 0.3 is 5.97 Å². The molecule has 1 aromatic carbocycles. The Bertz CT molecular complexity index is 970.